The molecule has 5 rings (SSSR count). The molecule has 0 amide bonds. The predicted octanol–water partition coefficient (Wildman–Crippen LogP) is 5.65. The van der Waals surface area contributed by atoms with E-state index in [0.717, 1.165) is 56.1 Å². The number of carboxylic acids is 1. The molecule has 0 radical (unpaired) electrons. The lowest BCUT2D eigenvalue weighted by Gasteiger charge is -2.21. The van der Waals surface area contributed by atoms with Crippen molar-refractivity contribution in [1.29, 1.82) is 0 Å². The number of aromatic nitrogens is 1. The Morgan fingerprint density at radius 2 is 1.91 bits per heavy atom. The number of nitrogens with zero attached hydrogens (tertiary/aromatic N) is 1. The van der Waals surface area contributed by atoms with Crippen molar-refractivity contribution < 1.29 is 24.1 Å². The van der Waals surface area contributed by atoms with Gasteiger partial charge in [0.05, 0.1) is 24.1 Å². The number of ether oxygens (including phenoxy) is 1. The van der Waals surface area contributed by atoms with Crippen LogP contribution in [0.5, 0.6) is 5.75 Å². The van der Waals surface area contributed by atoms with Crippen LogP contribution < -0.4 is 4.74 Å². The summed E-state index contributed by atoms with van der Waals surface area (Å²) < 4.78 is 17.1. The molecule has 0 unspecified atom stereocenters. The van der Waals surface area contributed by atoms with Gasteiger partial charge in [0.1, 0.15) is 12.4 Å². The standard InChI is InChI=1S/C24H19NO3.C4H9FO/c1-14-12-16-4-2-3-5-17(16)23(19(14)13-21(26)27)18-6-7-20-22-15(9-11-28-20)8-10-25-24(18)22;1-4(2,6)3-5/h2-8,10,12H,9,11,13H2,1H3,(H,26,27);6H,3H2,1-2H3. The van der Waals surface area contributed by atoms with Gasteiger partial charge in [0.15, 0.2) is 0 Å². The smallest absolute Gasteiger partial charge is 0.307 e. The second-order valence-electron chi connectivity index (χ2n) is 9.19. The van der Waals surface area contributed by atoms with E-state index in [1.54, 1.807) is 0 Å². The van der Waals surface area contributed by atoms with E-state index >= 15 is 0 Å². The van der Waals surface area contributed by atoms with Crippen LogP contribution in [0.3, 0.4) is 0 Å². The van der Waals surface area contributed by atoms with Crippen molar-refractivity contribution in [3.8, 4) is 16.9 Å². The maximum atomic E-state index is 11.6. The van der Waals surface area contributed by atoms with Gasteiger partial charge in [-0.15, -0.1) is 0 Å². The first-order valence-electron chi connectivity index (χ1n) is 11.2. The van der Waals surface area contributed by atoms with Crippen molar-refractivity contribution in [3.05, 3.63) is 71.4 Å². The zero-order chi connectivity index (χ0) is 24.5. The summed E-state index contributed by atoms with van der Waals surface area (Å²) >= 11 is 0. The van der Waals surface area contributed by atoms with Crippen LogP contribution in [0.1, 0.15) is 30.5 Å². The zero-order valence-electron chi connectivity index (χ0n) is 19.6. The first-order chi connectivity index (χ1) is 16.2. The number of fused-ring (bicyclic) bond motifs is 1. The molecule has 0 spiro atoms. The summed E-state index contributed by atoms with van der Waals surface area (Å²) in [5.74, 6) is 0.0171. The molecule has 0 fully saturated rings. The molecule has 2 heterocycles. The van der Waals surface area contributed by atoms with E-state index in [1.165, 1.54) is 19.4 Å². The van der Waals surface area contributed by atoms with E-state index in [-0.39, 0.29) is 6.42 Å². The SMILES string of the molecule is CC(C)(O)CF.Cc1cc2ccccc2c(-c2ccc3c4c(ccnc24)CCO3)c1CC(=O)O. The normalized spacial score (nSPS) is 12.7. The summed E-state index contributed by atoms with van der Waals surface area (Å²) in [5, 5.41) is 21.2. The van der Waals surface area contributed by atoms with Crippen LogP contribution in [-0.2, 0) is 17.6 Å². The molecule has 1 aliphatic heterocycles. The first kappa shape index (κ1) is 23.6. The van der Waals surface area contributed by atoms with Crippen molar-refractivity contribution in [1.82, 2.24) is 4.98 Å². The predicted molar refractivity (Wildman–Crippen MR) is 132 cm³/mol. The molecule has 0 aliphatic carbocycles. The van der Waals surface area contributed by atoms with Crippen molar-refractivity contribution in [2.45, 2.75) is 39.2 Å². The lowest BCUT2D eigenvalue weighted by Crippen LogP contribution is -2.20. The first-order valence-corrected chi connectivity index (χ1v) is 11.2. The van der Waals surface area contributed by atoms with Crippen LogP contribution in [0.25, 0.3) is 32.8 Å². The summed E-state index contributed by atoms with van der Waals surface area (Å²) in [6.45, 7) is 4.83. The lowest BCUT2D eigenvalue weighted by molar-refractivity contribution is -0.136. The van der Waals surface area contributed by atoms with E-state index in [1.807, 2.05) is 43.5 Å². The van der Waals surface area contributed by atoms with Crippen LogP contribution in [-0.4, -0.2) is 40.0 Å². The molecule has 3 aromatic carbocycles. The summed E-state index contributed by atoms with van der Waals surface area (Å²) in [6.07, 6.45) is 2.67. The van der Waals surface area contributed by atoms with Gasteiger partial charge >= 0.3 is 5.97 Å². The van der Waals surface area contributed by atoms with Gasteiger partial charge in [-0.25, -0.2) is 4.39 Å². The number of carboxylic acid groups (broad SMARTS) is 1. The number of aliphatic carboxylic acids is 1. The summed E-state index contributed by atoms with van der Waals surface area (Å²) in [6, 6.07) is 16.2. The van der Waals surface area contributed by atoms with Crippen LogP contribution in [0.2, 0.25) is 0 Å². The van der Waals surface area contributed by atoms with Gasteiger partial charge in [-0.2, -0.15) is 0 Å². The minimum Gasteiger partial charge on any atom is -0.493 e. The average Bonchev–Trinajstić information content (AvgIpc) is 2.80. The van der Waals surface area contributed by atoms with Crippen molar-refractivity contribution in [3.63, 3.8) is 0 Å². The van der Waals surface area contributed by atoms with Gasteiger partial charge in [-0.05, 0) is 72.0 Å². The van der Waals surface area contributed by atoms with E-state index in [9.17, 15) is 14.3 Å². The Morgan fingerprint density at radius 3 is 2.62 bits per heavy atom. The molecule has 2 N–H and O–H groups in total. The summed E-state index contributed by atoms with van der Waals surface area (Å²) in [4.78, 5) is 16.3. The van der Waals surface area contributed by atoms with Crippen molar-refractivity contribution in [2.75, 3.05) is 13.3 Å². The Morgan fingerprint density at radius 1 is 1.18 bits per heavy atom. The monoisotopic (exact) mass is 461 g/mol. The van der Waals surface area contributed by atoms with E-state index in [0.29, 0.717) is 6.61 Å². The van der Waals surface area contributed by atoms with Crippen LogP contribution in [0.15, 0.2) is 54.7 Å². The second-order valence-corrected chi connectivity index (χ2v) is 9.19. The third-order valence-corrected chi connectivity index (χ3v) is 5.87. The van der Waals surface area contributed by atoms with Gasteiger partial charge in [-0.1, -0.05) is 30.3 Å². The van der Waals surface area contributed by atoms with E-state index in [2.05, 4.69) is 18.2 Å². The Kier molecular flexibility index (Phi) is 6.53. The molecule has 1 aliphatic rings. The number of aliphatic hydroxyl groups is 1. The Labute approximate surface area is 197 Å². The molecule has 5 nitrogen and oxygen atoms in total. The molecule has 176 valence electrons. The fraction of sp³-hybridized carbons (Fsp3) is 0.286. The summed E-state index contributed by atoms with van der Waals surface area (Å²) in [7, 11) is 0. The number of hydrogen-bond acceptors (Lipinski definition) is 4. The highest BCUT2D eigenvalue weighted by atomic mass is 19.1. The minimum atomic E-state index is -1.12. The molecule has 1 aromatic heterocycles. The largest absolute Gasteiger partial charge is 0.493 e. The number of aryl methyl sites for hydroxylation is 1. The number of hydrogen-bond donors (Lipinski definition) is 2. The number of alkyl halides is 1. The highest BCUT2D eigenvalue weighted by Crippen LogP contribution is 2.42. The number of pyridine rings is 1. The Bertz CT molecular complexity index is 1360. The van der Waals surface area contributed by atoms with Gasteiger partial charge in [0, 0.05) is 23.6 Å². The maximum Gasteiger partial charge on any atom is 0.307 e. The molecular weight excluding hydrogens is 433 g/mol. The molecule has 4 aromatic rings. The number of rotatable bonds is 4. The molecule has 0 bridgehead atoms. The molecule has 0 saturated heterocycles. The molecular formula is C28H28FNO4. The topological polar surface area (TPSA) is 79.7 Å². The van der Waals surface area contributed by atoms with Crippen LogP contribution in [0, 0.1) is 6.92 Å². The number of carbonyl (C=O) groups is 1. The third-order valence-electron chi connectivity index (χ3n) is 5.87. The van der Waals surface area contributed by atoms with E-state index in [4.69, 9.17) is 14.8 Å². The number of benzene rings is 3. The van der Waals surface area contributed by atoms with Crippen LogP contribution in [0.4, 0.5) is 4.39 Å². The summed E-state index contributed by atoms with van der Waals surface area (Å²) in [5.41, 5.74) is 4.71. The molecule has 6 heteroatoms. The average molecular weight is 462 g/mol. The van der Waals surface area contributed by atoms with Gasteiger partial charge < -0.3 is 14.9 Å². The highest BCUT2D eigenvalue weighted by molar-refractivity contribution is 6.08. The highest BCUT2D eigenvalue weighted by Gasteiger charge is 2.21. The fourth-order valence-corrected chi connectivity index (χ4v) is 4.32. The van der Waals surface area contributed by atoms with Gasteiger partial charge in [-0.3, -0.25) is 9.78 Å². The lowest BCUT2D eigenvalue weighted by atomic mass is 9.87. The van der Waals surface area contributed by atoms with Crippen molar-refractivity contribution in [2.24, 2.45) is 0 Å². The van der Waals surface area contributed by atoms with Gasteiger partial charge in [0.25, 0.3) is 0 Å². The van der Waals surface area contributed by atoms with Crippen molar-refractivity contribution >= 4 is 27.6 Å². The van der Waals surface area contributed by atoms with Gasteiger partial charge in [0.2, 0.25) is 0 Å². The minimum absolute atomic E-state index is 0.0224. The third kappa shape index (κ3) is 4.73. The van der Waals surface area contributed by atoms with E-state index < -0.39 is 18.2 Å². The Balaban J connectivity index is 0.000000408. The zero-order valence-corrected chi connectivity index (χ0v) is 19.6. The maximum absolute atomic E-state index is 11.6. The molecule has 34 heavy (non-hydrogen) atoms. The Hall–Kier alpha value is -3.51. The molecule has 0 atom stereocenters. The molecule has 0 saturated carbocycles. The quantitative estimate of drug-likeness (QED) is 0.410. The number of halogens is 1. The van der Waals surface area contributed by atoms with Crippen LogP contribution >= 0.6 is 0 Å². The fourth-order valence-electron chi connectivity index (χ4n) is 4.32. The second kappa shape index (κ2) is 9.39.